The third-order valence-corrected chi connectivity index (χ3v) is 4.22. The molecule has 1 amide bonds. The maximum Gasteiger partial charge on any atom is 0.344 e. The zero-order chi connectivity index (χ0) is 20.7. The van der Waals surface area contributed by atoms with Crippen LogP contribution in [0.5, 0.6) is 11.5 Å². The van der Waals surface area contributed by atoms with Crippen molar-refractivity contribution in [1.82, 2.24) is 5.32 Å². The number of benzene rings is 1. The molecule has 2 N–H and O–H groups in total. The minimum absolute atomic E-state index is 0.126. The van der Waals surface area contributed by atoms with E-state index in [1.54, 1.807) is 18.2 Å². The summed E-state index contributed by atoms with van der Waals surface area (Å²) in [5.74, 6) is -1.77. The first-order chi connectivity index (χ1) is 13.3. The molecule has 0 aliphatic carbocycles. The number of carboxylic acids is 1. The van der Waals surface area contributed by atoms with Crippen LogP contribution in [0.1, 0.15) is 12.5 Å². The Bertz CT molecular complexity index is 880. The molecule has 2 rings (SSSR count). The Labute approximate surface area is 164 Å². The van der Waals surface area contributed by atoms with Gasteiger partial charge in [-0.15, -0.1) is 5.10 Å². The zero-order valence-electron chi connectivity index (χ0n) is 15.2. The number of carbonyl (C=O) groups is 3. The van der Waals surface area contributed by atoms with Crippen molar-refractivity contribution in [1.29, 1.82) is 0 Å². The SMILES string of the molecule is COC(=O)/C=C1/S/C(=N\N=Cc2cccc(OC)c2OC(C)C(=O)O)NC1=O. The molecule has 0 aromatic heterocycles. The second-order valence-electron chi connectivity index (χ2n) is 5.21. The quantitative estimate of drug-likeness (QED) is 0.297. The molecule has 1 aromatic rings. The summed E-state index contributed by atoms with van der Waals surface area (Å²) in [7, 11) is 2.63. The lowest BCUT2D eigenvalue weighted by Gasteiger charge is -2.15. The molecule has 1 aromatic carbocycles. The molecule has 1 aliphatic rings. The molecule has 1 heterocycles. The molecule has 0 spiro atoms. The van der Waals surface area contributed by atoms with Gasteiger partial charge in [0.25, 0.3) is 5.91 Å². The standard InChI is InChI=1S/C17H17N3O7S/c1-9(16(23)24)27-14-10(5-4-6-11(14)25-2)8-18-20-17-19-15(22)12(28-17)7-13(21)26-3/h4-9H,1-3H3,(H,23,24)(H,19,20,22)/b12-7+,18-8?. The van der Waals surface area contributed by atoms with Gasteiger partial charge in [-0.3, -0.25) is 10.1 Å². The second-order valence-corrected chi connectivity index (χ2v) is 6.25. The minimum atomic E-state index is -1.14. The average Bonchev–Trinajstić information content (AvgIpc) is 3.01. The summed E-state index contributed by atoms with van der Waals surface area (Å²) in [6, 6.07) is 4.93. The predicted octanol–water partition coefficient (Wildman–Crippen LogP) is 1.16. The third kappa shape index (κ3) is 5.33. The van der Waals surface area contributed by atoms with Gasteiger partial charge in [0, 0.05) is 11.6 Å². The van der Waals surface area contributed by atoms with Gasteiger partial charge in [-0.25, -0.2) is 9.59 Å². The third-order valence-electron chi connectivity index (χ3n) is 3.32. The van der Waals surface area contributed by atoms with Crippen LogP contribution in [0.15, 0.2) is 39.4 Å². The van der Waals surface area contributed by atoms with E-state index in [1.165, 1.54) is 27.4 Å². The molecule has 1 fully saturated rings. The fourth-order valence-electron chi connectivity index (χ4n) is 1.93. The molecule has 1 atom stereocenters. The van der Waals surface area contributed by atoms with Gasteiger partial charge in [-0.1, -0.05) is 6.07 Å². The van der Waals surface area contributed by atoms with E-state index in [0.29, 0.717) is 11.3 Å². The number of amidine groups is 1. The van der Waals surface area contributed by atoms with Crippen molar-refractivity contribution in [2.75, 3.05) is 14.2 Å². The number of carboxylic acid groups (broad SMARTS) is 1. The number of para-hydroxylation sites is 1. The molecular weight excluding hydrogens is 390 g/mol. The molecule has 1 saturated heterocycles. The summed E-state index contributed by atoms with van der Waals surface area (Å²) in [6.45, 7) is 1.38. The Morgan fingerprint density at radius 3 is 2.71 bits per heavy atom. The van der Waals surface area contributed by atoms with Crippen molar-refractivity contribution in [3.63, 3.8) is 0 Å². The average molecular weight is 407 g/mol. The second kappa shape index (κ2) is 9.55. The number of carbonyl (C=O) groups excluding carboxylic acids is 2. The van der Waals surface area contributed by atoms with Gasteiger partial charge < -0.3 is 19.3 Å². The Morgan fingerprint density at radius 2 is 2.07 bits per heavy atom. The van der Waals surface area contributed by atoms with Gasteiger partial charge in [0.1, 0.15) is 0 Å². The number of aliphatic carboxylic acids is 1. The van der Waals surface area contributed by atoms with E-state index in [1.807, 2.05) is 0 Å². The van der Waals surface area contributed by atoms with E-state index in [9.17, 15) is 14.4 Å². The number of hydrogen-bond donors (Lipinski definition) is 2. The van der Waals surface area contributed by atoms with Gasteiger partial charge in [-0.2, -0.15) is 5.10 Å². The lowest BCUT2D eigenvalue weighted by Crippen LogP contribution is -2.23. The number of nitrogens with zero attached hydrogens (tertiary/aromatic N) is 2. The normalized spacial score (nSPS) is 17.6. The molecule has 0 saturated carbocycles. The molecule has 1 unspecified atom stereocenters. The van der Waals surface area contributed by atoms with E-state index < -0.39 is 23.9 Å². The summed E-state index contributed by atoms with van der Waals surface area (Å²) >= 11 is 0.926. The molecule has 0 radical (unpaired) electrons. The highest BCUT2D eigenvalue weighted by Crippen LogP contribution is 2.31. The number of hydrogen-bond acceptors (Lipinski definition) is 9. The van der Waals surface area contributed by atoms with E-state index in [2.05, 4.69) is 20.3 Å². The van der Waals surface area contributed by atoms with E-state index in [4.69, 9.17) is 14.6 Å². The molecule has 1 aliphatic heterocycles. The lowest BCUT2D eigenvalue weighted by atomic mass is 10.2. The first kappa shape index (κ1) is 21.0. The summed E-state index contributed by atoms with van der Waals surface area (Å²) in [4.78, 5) is 34.2. The van der Waals surface area contributed by atoms with Crippen molar-refractivity contribution in [3.8, 4) is 11.5 Å². The van der Waals surface area contributed by atoms with Crippen molar-refractivity contribution < 1.29 is 33.7 Å². The maximum absolute atomic E-state index is 11.8. The van der Waals surface area contributed by atoms with Gasteiger partial charge in [-0.05, 0) is 30.8 Å². The van der Waals surface area contributed by atoms with E-state index >= 15 is 0 Å². The summed E-state index contributed by atoms with van der Waals surface area (Å²) < 4.78 is 15.1. The molecule has 28 heavy (non-hydrogen) atoms. The fourth-order valence-corrected chi connectivity index (χ4v) is 2.67. The van der Waals surface area contributed by atoms with Crippen molar-refractivity contribution in [2.45, 2.75) is 13.0 Å². The number of rotatable bonds is 7. The number of esters is 1. The summed E-state index contributed by atoms with van der Waals surface area (Å²) in [5.41, 5.74) is 0.427. The molecule has 0 bridgehead atoms. The predicted molar refractivity (Wildman–Crippen MR) is 102 cm³/mol. The fraction of sp³-hybridized carbons (Fsp3) is 0.235. The van der Waals surface area contributed by atoms with E-state index in [0.717, 1.165) is 17.8 Å². The van der Waals surface area contributed by atoms with Crippen LogP contribution in [0.3, 0.4) is 0 Å². The monoisotopic (exact) mass is 407 g/mol. The van der Waals surface area contributed by atoms with Crippen molar-refractivity contribution in [3.05, 3.63) is 34.7 Å². The van der Waals surface area contributed by atoms with Gasteiger partial charge >= 0.3 is 11.9 Å². The van der Waals surface area contributed by atoms with Gasteiger partial charge in [0.2, 0.25) is 0 Å². The largest absolute Gasteiger partial charge is 0.493 e. The van der Waals surface area contributed by atoms with Crippen LogP contribution < -0.4 is 14.8 Å². The van der Waals surface area contributed by atoms with Crippen LogP contribution >= 0.6 is 11.8 Å². The minimum Gasteiger partial charge on any atom is -0.493 e. The van der Waals surface area contributed by atoms with Crippen LogP contribution in [-0.2, 0) is 19.1 Å². The zero-order valence-corrected chi connectivity index (χ0v) is 16.0. The lowest BCUT2D eigenvalue weighted by molar-refractivity contribution is -0.144. The van der Waals surface area contributed by atoms with Crippen LogP contribution in [0.25, 0.3) is 0 Å². The highest BCUT2D eigenvalue weighted by Gasteiger charge is 2.25. The van der Waals surface area contributed by atoms with Gasteiger partial charge in [0.05, 0.1) is 25.3 Å². The highest BCUT2D eigenvalue weighted by molar-refractivity contribution is 8.18. The number of methoxy groups -OCH3 is 2. The Balaban J connectivity index is 2.21. The molecular formula is C17H17N3O7S. The number of amides is 1. The number of nitrogens with one attached hydrogen (secondary N) is 1. The maximum atomic E-state index is 11.8. The summed E-state index contributed by atoms with van der Waals surface area (Å²) in [5, 5.41) is 19.4. The first-order valence-electron chi connectivity index (χ1n) is 7.82. The molecule has 148 valence electrons. The Kier molecular flexibility index (Phi) is 7.15. The topological polar surface area (TPSA) is 136 Å². The van der Waals surface area contributed by atoms with Gasteiger partial charge in [0.15, 0.2) is 22.8 Å². The van der Waals surface area contributed by atoms with Crippen molar-refractivity contribution in [2.24, 2.45) is 10.2 Å². The number of ether oxygens (including phenoxy) is 3. The van der Waals surface area contributed by atoms with Crippen LogP contribution in [0.4, 0.5) is 0 Å². The first-order valence-corrected chi connectivity index (χ1v) is 8.63. The Morgan fingerprint density at radius 1 is 1.32 bits per heavy atom. The molecule has 11 heteroatoms. The Hall–Kier alpha value is -3.34. The highest BCUT2D eigenvalue weighted by atomic mass is 32.2. The molecule has 10 nitrogen and oxygen atoms in total. The number of thioether (sulfide) groups is 1. The summed E-state index contributed by atoms with van der Waals surface area (Å²) in [6.07, 6.45) is 1.27. The van der Waals surface area contributed by atoms with Crippen LogP contribution in [0.2, 0.25) is 0 Å². The van der Waals surface area contributed by atoms with E-state index in [-0.39, 0.29) is 15.8 Å². The van der Waals surface area contributed by atoms with Crippen LogP contribution in [0, 0.1) is 0 Å². The van der Waals surface area contributed by atoms with Crippen molar-refractivity contribution >= 4 is 41.0 Å². The van der Waals surface area contributed by atoms with Crippen LogP contribution in [-0.4, -0.2) is 54.7 Å². The smallest absolute Gasteiger partial charge is 0.344 e.